The normalized spacial score (nSPS) is 14.3. The molecule has 5 nitrogen and oxygen atoms in total. The summed E-state index contributed by atoms with van der Waals surface area (Å²) in [6.07, 6.45) is 0.967. The highest BCUT2D eigenvalue weighted by Gasteiger charge is 2.20. The summed E-state index contributed by atoms with van der Waals surface area (Å²) in [4.78, 5) is 23.6. The van der Waals surface area contributed by atoms with Gasteiger partial charge in [-0.05, 0) is 30.0 Å². The van der Waals surface area contributed by atoms with Gasteiger partial charge in [0.1, 0.15) is 0 Å². The van der Waals surface area contributed by atoms with Gasteiger partial charge in [-0.15, -0.1) is 0 Å². The first-order valence-electron chi connectivity index (χ1n) is 5.93. The van der Waals surface area contributed by atoms with Gasteiger partial charge in [-0.25, -0.2) is 4.79 Å². The van der Waals surface area contributed by atoms with Gasteiger partial charge in [0.15, 0.2) is 0 Å². The second kappa shape index (κ2) is 5.08. The molecule has 96 valence electrons. The Balaban J connectivity index is 2.08. The summed E-state index contributed by atoms with van der Waals surface area (Å²) < 4.78 is 0. The van der Waals surface area contributed by atoms with Crippen LogP contribution >= 0.6 is 0 Å². The van der Waals surface area contributed by atoms with E-state index in [-0.39, 0.29) is 5.91 Å². The van der Waals surface area contributed by atoms with Crippen LogP contribution in [0.15, 0.2) is 18.2 Å². The van der Waals surface area contributed by atoms with Crippen molar-refractivity contribution in [1.29, 1.82) is 0 Å². The van der Waals surface area contributed by atoms with E-state index >= 15 is 0 Å². The van der Waals surface area contributed by atoms with Crippen LogP contribution in [0.25, 0.3) is 0 Å². The zero-order valence-corrected chi connectivity index (χ0v) is 10.3. The van der Waals surface area contributed by atoms with Gasteiger partial charge >= 0.3 is 6.09 Å². The van der Waals surface area contributed by atoms with Crippen molar-refractivity contribution in [2.24, 2.45) is 0 Å². The maximum Gasteiger partial charge on any atom is 0.404 e. The minimum absolute atomic E-state index is 0.141. The fourth-order valence-electron chi connectivity index (χ4n) is 2.18. The van der Waals surface area contributed by atoms with Crippen molar-refractivity contribution in [3.8, 4) is 0 Å². The fraction of sp³-hybridized carbons (Fsp3) is 0.385. The zero-order chi connectivity index (χ0) is 13.1. The molecule has 1 aromatic carbocycles. The molecule has 0 atom stereocenters. The summed E-state index contributed by atoms with van der Waals surface area (Å²) >= 11 is 0. The number of carbonyl (C=O) groups is 2. The zero-order valence-electron chi connectivity index (χ0n) is 10.3. The standard InChI is InChI=1S/C13H16N2O3/c1-15-11-4-2-9(6-7-14-13(17)18)8-10(11)3-5-12(15)16/h2,4,8,14H,3,5-7H2,1H3,(H,17,18). The fourth-order valence-corrected chi connectivity index (χ4v) is 2.18. The molecule has 5 heteroatoms. The highest BCUT2D eigenvalue weighted by Crippen LogP contribution is 2.27. The van der Waals surface area contributed by atoms with Crippen molar-refractivity contribution in [2.45, 2.75) is 19.3 Å². The number of hydrogen-bond donors (Lipinski definition) is 2. The van der Waals surface area contributed by atoms with E-state index in [0.29, 0.717) is 19.4 Å². The van der Waals surface area contributed by atoms with E-state index in [1.54, 1.807) is 11.9 Å². The lowest BCUT2D eigenvalue weighted by Gasteiger charge is -2.26. The van der Waals surface area contributed by atoms with E-state index < -0.39 is 6.09 Å². The SMILES string of the molecule is CN1C(=O)CCc2cc(CCNC(=O)O)ccc21. The molecule has 0 saturated heterocycles. The van der Waals surface area contributed by atoms with Gasteiger partial charge in [-0.1, -0.05) is 12.1 Å². The third kappa shape index (κ3) is 2.61. The quantitative estimate of drug-likeness (QED) is 0.849. The number of aryl methyl sites for hydroxylation is 1. The number of amides is 2. The summed E-state index contributed by atoms with van der Waals surface area (Å²) in [7, 11) is 1.78. The molecular weight excluding hydrogens is 232 g/mol. The number of carbonyl (C=O) groups excluding carboxylic acids is 1. The molecule has 0 unspecified atom stereocenters. The Morgan fingerprint density at radius 2 is 2.22 bits per heavy atom. The third-order valence-electron chi connectivity index (χ3n) is 3.18. The predicted octanol–water partition coefficient (Wildman–Crippen LogP) is 1.41. The molecule has 0 spiro atoms. The lowest BCUT2D eigenvalue weighted by Crippen LogP contribution is -2.31. The average Bonchev–Trinajstić information content (AvgIpc) is 2.33. The number of carboxylic acid groups (broad SMARTS) is 1. The van der Waals surface area contributed by atoms with Crippen LogP contribution < -0.4 is 10.2 Å². The summed E-state index contributed by atoms with van der Waals surface area (Å²) in [6, 6.07) is 5.93. The maximum atomic E-state index is 11.5. The summed E-state index contributed by atoms with van der Waals surface area (Å²) in [5, 5.41) is 10.8. The van der Waals surface area contributed by atoms with Gasteiger partial charge in [0.05, 0.1) is 0 Å². The minimum atomic E-state index is -1.00. The highest BCUT2D eigenvalue weighted by molar-refractivity contribution is 5.95. The Bertz CT molecular complexity index is 485. The van der Waals surface area contributed by atoms with Crippen molar-refractivity contribution in [1.82, 2.24) is 5.32 Å². The smallest absolute Gasteiger partial charge is 0.404 e. The summed E-state index contributed by atoms with van der Waals surface area (Å²) in [6.45, 7) is 0.406. The van der Waals surface area contributed by atoms with Crippen LogP contribution in [0.5, 0.6) is 0 Å². The Morgan fingerprint density at radius 1 is 1.44 bits per heavy atom. The van der Waals surface area contributed by atoms with E-state index in [9.17, 15) is 9.59 Å². The Morgan fingerprint density at radius 3 is 2.94 bits per heavy atom. The molecule has 1 heterocycles. The molecule has 1 aliphatic heterocycles. The molecule has 1 aromatic rings. The van der Waals surface area contributed by atoms with Crippen molar-refractivity contribution >= 4 is 17.7 Å². The second-order valence-electron chi connectivity index (χ2n) is 4.40. The molecule has 2 rings (SSSR count). The van der Waals surface area contributed by atoms with Crippen molar-refractivity contribution in [3.63, 3.8) is 0 Å². The van der Waals surface area contributed by atoms with Gasteiger partial charge in [0, 0.05) is 25.7 Å². The number of nitrogens with one attached hydrogen (secondary N) is 1. The van der Waals surface area contributed by atoms with E-state index in [0.717, 1.165) is 23.2 Å². The molecule has 2 amide bonds. The van der Waals surface area contributed by atoms with Gasteiger partial charge in [0.25, 0.3) is 0 Å². The van der Waals surface area contributed by atoms with Crippen molar-refractivity contribution in [2.75, 3.05) is 18.5 Å². The molecule has 0 bridgehead atoms. The first kappa shape index (κ1) is 12.4. The molecule has 0 aromatic heterocycles. The van der Waals surface area contributed by atoms with Crippen LogP contribution in [0.3, 0.4) is 0 Å². The largest absolute Gasteiger partial charge is 0.465 e. The number of rotatable bonds is 3. The number of hydrogen-bond acceptors (Lipinski definition) is 2. The van der Waals surface area contributed by atoms with Crippen LogP contribution in [0.4, 0.5) is 10.5 Å². The topological polar surface area (TPSA) is 69.6 Å². The van der Waals surface area contributed by atoms with Crippen LogP contribution in [0, 0.1) is 0 Å². The molecule has 0 saturated carbocycles. The predicted molar refractivity (Wildman–Crippen MR) is 67.9 cm³/mol. The van der Waals surface area contributed by atoms with E-state index in [2.05, 4.69) is 11.4 Å². The number of benzene rings is 1. The number of nitrogens with zero attached hydrogens (tertiary/aromatic N) is 1. The highest BCUT2D eigenvalue weighted by atomic mass is 16.4. The van der Waals surface area contributed by atoms with Crippen LogP contribution in [-0.2, 0) is 17.6 Å². The average molecular weight is 248 g/mol. The second-order valence-corrected chi connectivity index (χ2v) is 4.40. The first-order valence-corrected chi connectivity index (χ1v) is 5.93. The minimum Gasteiger partial charge on any atom is -0.465 e. The molecule has 1 aliphatic rings. The van der Waals surface area contributed by atoms with Gasteiger partial charge in [-0.3, -0.25) is 4.79 Å². The maximum absolute atomic E-state index is 11.5. The molecular formula is C13H16N2O3. The van der Waals surface area contributed by atoms with Crippen molar-refractivity contribution < 1.29 is 14.7 Å². The van der Waals surface area contributed by atoms with Crippen LogP contribution in [0.1, 0.15) is 17.5 Å². The Hall–Kier alpha value is -2.04. The van der Waals surface area contributed by atoms with Crippen molar-refractivity contribution in [3.05, 3.63) is 29.3 Å². The first-order chi connectivity index (χ1) is 8.58. The number of anilines is 1. The van der Waals surface area contributed by atoms with E-state index in [4.69, 9.17) is 5.11 Å². The Labute approximate surface area is 105 Å². The van der Waals surface area contributed by atoms with E-state index in [1.165, 1.54) is 0 Å². The van der Waals surface area contributed by atoms with E-state index in [1.807, 2.05) is 12.1 Å². The lowest BCUT2D eigenvalue weighted by atomic mass is 9.98. The third-order valence-corrected chi connectivity index (χ3v) is 3.18. The molecule has 18 heavy (non-hydrogen) atoms. The molecule has 0 radical (unpaired) electrons. The monoisotopic (exact) mass is 248 g/mol. The van der Waals surface area contributed by atoms with Crippen LogP contribution in [-0.4, -0.2) is 30.7 Å². The number of fused-ring (bicyclic) bond motifs is 1. The van der Waals surface area contributed by atoms with Gasteiger partial charge in [0.2, 0.25) is 5.91 Å². The molecule has 0 fully saturated rings. The van der Waals surface area contributed by atoms with Gasteiger partial charge < -0.3 is 15.3 Å². The lowest BCUT2D eigenvalue weighted by molar-refractivity contribution is -0.118. The Kier molecular flexibility index (Phi) is 3.50. The molecule has 2 N–H and O–H groups in total. The summed E-state index contributed by atoms with van der Waals surface area (Å²) in [5.41, 5.74) is 3.20. The molecule has 0 aliphatic carbocycles. The summed E-state index contributed by atoms with van der Waals surface area (Å²) in [5.74, 6) is 0.141. The van der Waals surface area contributed by atoms with Gasteiger partial charge in [-0.2, -0.15) is 0 Å². The van der Waals surface area contributed by atoms with Crippen LogP contribution in [0.2, 0.25) is 0 Å².